The summed E-state index contributed by atoms with van der Waals surface area (Å²) >= 11 is 0. The van der Waals surface area contributed by atoms with Gasteiger partial charge in [0.2, 0.25) is 0 Å². The van der Waals surface area contributed by atoms with Gasteiger partial charge in [0.1, 0.15) is 0 Å². The van der Waals surface area contributed by atoms with Gasteiger partial charge in [0.05, 0.1) is 0 Å². The third kappa shape index (κ3) is 6.58. The number of pyridine rings is 2. The van der Waals surface area contributed by atoms with E-state index in [0.29, 0.717) is 0 Å². The monoisotopic (exact) mass is 847 g/mol. The first kappa shape index (κ1) is 34.0. The number of hydrogen-bond donors (Lipinski definition) is 0. The van der Waals surface area contributed by atoms with Crippen molar-refractivity contribution < 1.29 is 20.1 Å². The van der Waals surface area contributed by atoms with Crippen LogP contribution in [-0.4, -0.2) is 18.0 Å². The predicted octanol–water partition coefficient (Wildman–Crippen LogP) is 8.43. The Labute approximate surface area is 314 Å². The van der Waals surface area contributed by atoms with Crippen LogP contribution < -0.4 is 20.7 Å². The predicted molar refractivity (Wildman–Crippen MR) is 210 cm³/mol. The molecule has 1 aliphatic heterocycles. The Balaban J connectivity index is 0.000000265. The van der Waals surface area contributed by atoms with Crippen LogP contribution in [0.4, 0.5) is 0 Å². The average molecular weight is 847 g/mol. The molecule has 0 saturated carbocycles. The van der Waals surface area contributed by atoms with Crippen LogP contribution in [0.3, 0.4) is 0 Å². The van der Waals surface area contributed by atoms with Crippen LogP contribution in [0.2, 0.25) is 0 Å². The summed E-state index contributed by atoms with van der Waals surface area (Å²) in [7, 11) is -2.50. The fourth-order valence-electron chi connectivity index (χ4n) is 7.19. The summed E-state index contributed by atoms with van der Waals surface area (Å²) in [6.07, 6.45) is 1.79. The number of fused-ring (bicyclic) bond motifs is 3. The summed E-state index contributed by atoms with van der Waals surface area (Å²) in [5.41, 5.74) is 10.1. The largest absolute Gasteiger partial charge is 0.305 e. The minimum atomic E-state index is -2.50. The smallest absolute Gasteiger partial charge is 0.180 e. The summed E-state index contributed by atoms with van der Waals surface area (Å²) < 4.78 is 0. The number of rotatable bonds is 5. The van der Waals surface area contributed by atoms with E-state index in [-0.39, 0.29) is 20.1 Å². The third-order valence-corrected chi connectivity index (χ3v) is 14.3. The maximum atomic E-state index is 4.74. The molecule has 0 amide bonds. The molecule has 0 bridgehead atoms. The summed E-state index contributed by atoms with van der Waals surface area (Å²) in [6, 6.07) is 71.2. The van der Waals surface area contributed by atoms with Crippen molar-refractivity contribution in [3.8, 4) is 44.8 Å². The Hall–Kier alpha value is -5.51. The van der Waals surface area contributed by atoms with Crippen molar-refractivity contribution in [2.24, 2.45) is 0 Å². The number of nitrogens with zero attached hydrogens (tertiary/aromatic N) is 2. The number of aryl methyl sites for hydroxylation is 1. The van der Waals surface area contributed by atoms with Crippen molar-refractivity contribution in [2.75, 3.05) is 0 Å². The van der Waals surface area contributed by atoms with Gasteiger partial charge in [-0.1, -0.05) is 127 Å². The molecule has 0 saturated heterocycles. The second-order valence-corrected chi connectivity index (χ2v) is 16.2. The van der Waals surface area contributed by atoms with E-state index in [1.54, 1.807) is 6.20 Å². The second kappa shape index (κ2) is 15.2. The van der Waals surface area contributed by atoms with E-state index in [2.05, 4.69) is 145 Å². The van der Waals surface area contributed by atoms with Crippen LogP contribution in [-0.2, 0) is 20.1 Å². The second-order valence-electron chi connectivity index (χ2n) is 12.4. The van der Waals surface area contributed by atoms with E-state index in [4.69, 9.17) is 4.98 Å². The topological polar surface area (TPSA) is 25.8 Å². The summed E-state index contributed by atoms with van der Waals surface area (Å²) in [5.74, 6) is 0. The third-order valence-electron chi connectivity index (χ3n) is 9.41. The van der Waals surface area contributed by atoms with Crippen LogP contribution in [0, 0.1) is 19.1 Å². The Morgan fingerprint density at radius 2 is 1.12 bits per heavy atom. The maximum Gasteiger partial charge on any atom is 0.180 e. The standard InChI is InChI=1S/C36H26NSi.C11H8N.Ir/c1-26-12-10-20-34(37-26)29-14-11-13-27(24-29)28-22-23-33-32-19-8-9-21-35(32)38(36(33)25-28,30-15-4-2-5-16-30)31-17-6-3-7-18-31;1-2-6-10(7-3-1)11-8-4-5-9-12-11;/h2-13,15-25H,1H3;1-6,8-9H;/q2*-1;. The summed E-state index contributed by atoms with van der Waals surface area (Å²) in [6.45, 7) is 2.03. The van der Waals surface area contributed by atoms with Gasteiger partial charge in [-0.3, -0.25) is 0 Å². The molecule has 247 valence electrons. The van der Waals surface area contributed by atoms with Crippen LogP contribution in [0.1, 0.15) is 5.69 Å². The van der Waals surface area contributed by atoms with Gasteiger partial charge in [-0.25, -0.2) is 0 Å². The quantitative estimate of drug-likeness (QED) is 0.129. The van der Waals surface area contributed by atoms with Crippen LogP contribution in [0.15, 0.2) is 188 Å². The van der Waals surface area contributed by atoms with Crippen molar-refractivity contribution in [1.82, 2.24) is 9.97 Å². The van der Waals surface area contributed by atoms with Gasteiger partial charge in [-0.05, 0) is 67.9 Å². The summed E-state index contributed by atoms with van der Waals surface area (Å²) in [5, 5.41) is 5.76. The van der Waals surface area contributed by atoms with E-state index in [9.17, 15) is 0 Å². The van der Waals surface area contributed by atoms with Crippen LogP contribution in [0.25, 0.3) is 44.8 Å². The Morgan fingerprint density at radius 3 is 1.82 bits per heavy atom. The van der Waals surface area contributed by atoms with Gasteiger partial charge < -0.3 is 9.97 Å². The summed E-state index contributed by atoms with van der Waals surface area (Å²) in [4.78, 5) is 8.96. The molecule has 3 heterocycles. The molecular weight excluding hydrogens is 813 g/mol. The van der Waals surface area contributed by atoms with Crippen molar-refractivity contribution in [3.05, 3.63) is 206 Å². The maximum absolute atomic E-state index is 4.74. The molecule has 1 radical (unpaired) electrons. The fraction of sp³-hybridized carbons (Fsp3) is 0.0213. The number of benzene rings is 6. The Morgan fingerprint density at radius 1 is 0.471 bits per heavy atom. The van der Waals surface area contributed by atoms with E-state index in [1.807, 2.05) is 61.5 Å². The van der Waals surface area contributed by atoms with Crippen molar-refractivity contribution in [1.29, 1.82) is 0 Å². The molecule has 0 fully saturated rings. The zero-order valence-electron chi connectivity index (χ0n) is 28.1. The van der Waals surface area contributed by atoms with Gasteiger partial charge in [-0.15, -0.1) is 71.3 Å². The van der Waals surface area contributed by atoms with Crippen LogP contribution >= 0.6 is 0 Å². The first-order valence-corrected chi connectivity index (χ1v) is 18.9. The zero-order valence-corrected chi connectivity index (χ0v) is 31.5. The first-order valence-electron chi connectivity index (χ1n) is 16.9. The average Bonchev–Trinajstić information content (AvgIpc) is 3.50. The van der Waals surface area contributed by atoms with Crippen molar-refractivity contribution >= 4 is 28.8 Å². The van der Waals surface area contributed by atoms with Gasteiger partial charge in [-0.2, -0.15) is 0 Å². The molecule has 8 aromatic rings. The molecule has 2 aromatic heterocycles. The molecule has 6 aromatic carbocycles. The number of aromatic nitrogens is 2. The van der Waals surface area contributed by atoms with Crippen LogP contribution in [0.5, 0.6) is 0 Å². The molecule has 2 nitrogen and oxygen atoms in total. The van der Waals surface area contributed by atoms with Gasteiger partial charge in [0, 0.05) is 32.0 Å². The molecule has 0 spiro atoms. The molecule has 4 heteroatoms. The molecule has 0 atom stereocenters. The van der Waals surface area contributed by atoms with E-state index < -0.39 is 8.07 Å². The normalized spacial score (nSPS) is 12.0. The van der Waals surface area contributed by atoms with Crippen molar-refractivity contribution in [3.63, 3.8) is 0 Å². The molecule has 9 rings (SSSR count). The minimum Gasteiger partial charge on any atom is -0.305 e. The first-order chi connectivity index (χ1) is 24.7. The molecule has 1 aliphatic rings. The van der Waals surface area contributed by atoms with Gasteiger partial charge in [0.15, 0.2) is 8.07 Å². The van der Waals surface area contributed by atoms with Crippen molar-refractivity contribution in [2.45, 2.75) is 6.92 Å². The van der Waals surface area contributed by atoms with E-state index in [0.717, 1.165) is 28.2 Å². The molecule has 0 aliphatic carbocycles. The van der Waals surface area contributed by atoms with Gasteiger partial charge >= 0.3 is 0 Å². The SMILES string of the molecule is Cc1cccc(-c2[c-]ccc(-c3ccc4c(c3)[Si](c3ccccc3)(c3ccccc3)c3ccccc3-4)c2)n1.[Ir].[c-]1ccccc1-c1ccccn1. The van der Waals surface area contributed by atoms with E-state index in [1.165, 1.54) is 43.0 Å². The van der Waals surface area contributed by atoms with E-state index >= 15 is 0 Å². The minimum absolute atomic E-state index is 0. The fourth-order valence-corrected chi connectivity index (χ4v) is 12.4. The number of hydrogen-bond acceptors (Lipinski definition) is 2. The zero-order chi connectivity index (χ0) is 33.8. The molecule has 51 heavy (non-hydrogen) atoms. The Kier molecular flexibility index (Phi) is 10.1. The molecular formula is C47H34IrN2Si-2. The molecule has 0 unspecified atom stereocenters. The Bertz CT molecular complexity index is 2300. The molecule has 0 N–H and O–H groups in total. The van der Waals surface area contributed by atoms with Gasteiger partial charge in [0.25, 0.3) is 0 Å².